The lowest BCUT2D eigenvalue weighted by molar-refractivity contribution is 1.03. The third kappa shape index (κ3) is 2.20. The number of rotatable bonds is 2. The maximum absolute atomic E-state index is 6.02. The summed E-state index contributed by atoms with van der Waals surface area (Å²) >= 11 is 13.2. The lowest BCUT2D eigenvalue weighted by Crippen LogP contribution is -1.95. The van der Waals surface area contributed by atoms with E-state index in [-0.39, 0.29) is 0 Å². The van der Waals surface area contributed by atoms with Gasteiger partial charge in [-0.2, -0.15) is 0 Å². The van der Waals surface area contributed by atoms with E-state index < -0.39 is 0 Å². The minimum atomic E-state index is 0.679. The Balaban J connectivity index is 2.36. The van der Waals surface area contributed by atoms with Gasteiger partial charge in [0.05, 0.1) is 16.7 Å². The van der Waals surface area contributed by atoms with Crippen molar-refractivity contribution in [2.45, 2.75) is 4.90 Å². The van der Waals surface area contributed by atoms with Crippen LogP contribution in [0.3, 0.4) is 0 Å². The predicted octanol–water partition coefficient (Wildman–Crippen LogP) is 5.06. The molecule has 96 valence electrons. The Labute approximate surface area is 125 Å². The zero-order valence-electron chi connectivity index (χ0n) is 10.2. The molecule has 0 aliphatic rings. The largest absolute Gasteiger partial charge is 0.330 e. The molecule has 0 saturated heterocycles. The van der Waals surface area contributed by atoms with Crippen molar-refractivity contribution in [2.75, 3.05) is 6.26 Å². The quantitative estimate of drug-likeness (QED) is 0.527. The van der Waals surface area contributed by atoms with E-state index in [1.54, 1.807) is 11.8 Å². The number of benzene rings is 2. The molecule has 0 aliphatic carbocycles. The van der Waals surface area contributed by atoms with Crippen LogP contribution in [0.15, 0.2) is 47.4 Å². The van der Waals surface area contributed by atoms with E-state index in [2.05, 4.69) is 23.4 Å². The Morgan fingerprint density at radius 1 is 1.21 bits per heavy atom. The summed E-state index contributed by atoms with van der Waals surface area (Å²) in [5.74, 6) is 0. The fourth-order valence-corrected chi connectivity index (χ4v) is 3.20. The van der Waals surface area contributed by atoms with Gasteiger partial charge in [0.1, 0.15) is 0 Å². The van der Waals surface area contributed by atoms with Crippen molar-refractivity contribution in [3.63, 3.8) is 0 Å². The van der Waals surface area contributed by atoms with Crippen LogP contribution >= 0.6 is 35.6 Å². The molecule has 0 aliphatic heterocycles. The molecule has 3 aromatic rings. The number of para-hydroxylation sites is 1. The fraction of sp³-hybridized carbons (Fsp3) is 0.0714. The number of aromatic nitrogens is 2. The molecule has 0 radical (unpaired) electrons. The molecule has 5 heteroatoms. The Morgan fingerprint density at radius 2 is 2.00 bits per heavy atom. The van der Waals surface area contributed by atoms with Gasteiger partial charge in [-0.05, 0) is 48.8 Å². The standard InChI is InChI=1S/C14H11ClN2S2/c1-19-13-5-3-2-4-12(13)17-11-7-6-9(15)8-10(11)16-14(17)18/h2-8H,1H3,(H,16,18). The highest BCUT2D eigenvalue weighted by atomic mass is 35.5. The van der Waals surface area contributed by atoms with Gasteiger partial charge in [-0.1, -0.05) is 23.7 Å². The second-order valence-corrected chi connectivity index (χ2v) is 5.77. The van der Waals surface area contributed by atoms with E-state index in [0.717, 1.165) is 16.7 Å². The van der Waals surface area contributed by atoms with Crippen LogP contribution in [0.4, 0.5) is 0 Å². The van der Waals surface area contributed by atoms with Gasteiger partial charge >= 0.3 is 0 Å². The molecule has 1 aromatic heterocycles. The lowest BCUT2D eigenvalue weighted by atomic mass is 10.3. The molecule has 1 heterocycles. The second kappa shape index (κ2) is 5.04. The van der Waals surface area contributed by atoms with Crippen LogP contribution in [0.25, 0.3) is 16.7 Å². The van der Waals surface area contributed by atoms with Crippen LogP contribution in [-0.2, 0) is 0 Å². The Bertz CT molecular complexity index is 805. The topological polar surface area (TPSA) is 20.7 Å². The van der Waals surface area contributed by atoms with Gasteiger partial charge in [-0.3, -0.25) is 4.57 Å². The highest BCUT2D eigenvalue weighted by molar-refractivity contribution is 7.98. The van der Waals surface area contributed by atoms with E-state index in [9.17, 15) is 0 Å². The van der Waals surface area contributed by atoms with E-state index in [0.29, 0.717) is 9.79 Å². The average Bonchev–Trinajstić information content (AvgIpc) is 2.73. The van der Waals surface area contributed by atoms with Crippen molar-refractivity contribution in [3.05, 3.63) is 52.3 Å². The molecule has 0 fully saturated rings. The molecule has 0 spiro atoms. The number of H-pyrrole nitrogens is 1. The summed E-state index contributed by atoms with van der Waals surface area (Å²) in [7, 11) is 0. The van der Waals surface area contributed by atoms with Crippen LogP contribution in [0.1, 0.15) is 0 Å². The summed E-state index contributed by atoms with van der Waals surface area (Å²) < 4.78 is 2.73. The third-order valence-electron chi connectivity index (χ3n) is 2.97. The first-order valence-electron chi connectivity index (χ1n) is 5.74. The van der Waals surface area contributed by atoms with Crippen molar-refractivity contribution in [2.24, 2.45) is 0 Å². The summed E-state index contributed by atoms with van der Waals surface area (Å²) in [6, 6.07) is 14.0. The predicted molar refractivity (Wildman–Crippen MR) is 85.3 cm³/mol. The number of hydrogen-bond donors (Lipinski definition) is 1. The summed E-state index contributed by atoms with van der Waals surface area (Å²) in [6.45, 7) is 0. The molecule has 1 N–H and O–H groups in total. The molecule has 3 rings (SSSR count). The van der Waals surface area contributed by atoms with Gasteiger partial charge in [-0.15, -0.1) is 11.8 Å². The summed E-state index contributed by atoms with van der Waals surface area (Å²) in [6.07, 6.45) is 2.06. The maximum Gasteiger partial charge on any atom is 0.182 e. The van der Waals surface area contributed by atoms with Gasteiger partial charge in [0.25, 0.3) is 0 Å². The Hall–Kier alpha value is -1.23. The third-order valence-corrected chi connectivity index (χ3v) is 4.28. The molecule has 0 saturated carbocycles. The molecule has 2 aromatic carbocycles. The number of halogens is 1. The van der Waals surface area contributed by atoms with Crippen LogP contribution in [0.5, 0.6) is 0 Å². The molecular formula is C14H11ClN2S2. The second-order valence-electron chi connectivity index (χ2n) is 4.10. The first-order chi connectivity index (χ1) is 9.20. The number of nitrogens with zero attached hydrogens (tertiary/aromatic N) is 1. The van der Waals surface area contributed by atoms with Gasteiger partial charge in [-0.25, -0.2) is 0 Å². The van der Waals surface area contributed by atoms with Crippen molar-refractivity contribution in [1.82, 2.24) is 9.55 Å². The smallest absolute Gasteiger partial charge is 0.182 e. The van der Waals surface area contributed by atoms with E-state index in [4.69, 9.17) is 23.8 Å². The van der Waals surface area contributed by atoms with Gasteiger partial charge < -0.3 is 4.98 Å². The Kier molecular flexibility index (Phi) is 3.39. The first kappa shape index (κ1) is 12.8. The van der Waals surface area contributed by atoms with Gasteiger partial charge in [0, 0.05) is 9.92 Å². The summed E-state index contributed by atoms with van der Waals surface area (Å²) in [4.78, 5) is 4.39. The number of fused-ring (bicyclic) bond motifs is 1. The van der Waals surface area contributed by atoms with Gasteiger partial charge in [0.15, 0.2) is 4.77 Å². The number of aromatic amines is 1. The average molecular weight is 307 g/mol. The number of thioether (sulfide) groups is 1. The minimum absolute atomic E-state index is 0.679. The Morgan fingerprint density at radius 3 is 2.79 bits per heavy atom. The molecule has 0 atom stereocenters. The van der Waals surface area contributed by atoms with Crippen molar-refractivity contribution in [3.8, 4) is 5.69 Å². The molecular weight excluding hydrogens is 296 g/mol. The van der Waals surface area contributed by atoms with E-state index in [1.807, 2.05) is 34.9 Å². The monoisotopic (exact) mass is 306 g/mol. The van der Waals surface area contributed by atoms with Gasteiger partial charge in [0.2, 0.25) is 0 Å². The highest BCUT2D eigenvalue weighted by Crippen LogP contribution is 2.28. The SMILES string of the molecule is CSc1ccccc1-n1c(=S)[nH]c2cc(Cl)ccc21. The van der Waals surface area contributed by atoms with Crippen molar-refractivity contribution in [1.29, 1.82) is 0 Å². The van der Waals surface area contributed by atoms with Crippen LogP contribution in [0, 0.1) is 4.77 Å². The zero-order chi connectivity index (χ0) is 13.4. The number of imidazole rings is 1. The molecule has 0 unspecified atom stereocenters. The van der Waals surface area contributed by atoms with E-state index >= 15 is 0 Å². The van der Waals surface area contributed by atoms with Crippen LogP contribution < -0.4 is 0 Å². The van der Waals surface area contributed by atoms with E-state index in [1.165, 1.54) is 4.90 Å². The first-order valence-corrected chi connectivity index (χ1v) is 7.75. The zero-order valence-corrected chi connectivity index (χ0v) is 12.6. The minimum Gasteiger partial charge on any atom is -0.330 e. The summed E-state index contributed by atoms with van der Waals surface area (Å²) in [5.41, 5.74) is 3.08. The molecule has 2 nitrogen and oxygen atoms in total. The molecule has 0 amide bonds. The number of hydrogen-bond acceptors (Lipinski definition) is 2. The molecule has 19 heavy (non-hydrogen) atoms. The van der Waals surface area contributed by atoms with Crippen LogP contribution in [-0.4, -0.2) is 15.8 Å². The fourth-order valence-electron chi connectivity index (χ4n) is 2.14. The summed E-state index contributed by atoms with van der Waals surface area (Å²) in [5, 5.41) is 0.703. The number of nitrogens with one attached hydrogen (secondary N) is 1. The van der Waals surface area contributed by atoms with Crippen LogP contribution in [0.2, 0.25) is 5.02 Å². The highest BCUT2D eigenvalue weighted by Gasteiger charge is 2.09. The lowest BCUT2D eigenvalue weighted by Gasteiger charge is -2.09. The molecule has 0 bridgehead atoms. The van der Waals surface area contributed by atoms with Crippen molar-refractivity contribution < 1.29 is 0 Å². The normalized spacial score (nSPS) is 11.1. The maximum atomic E-state index is 6.02. The van der Waals surface area contributed by atoms with Crippen molar-refractivity contribution >= 4 is 46.6 Å².